The van der Waals surface area contributed by atoms with Crippen LogP contribution in [0.2, 0.25) is 0 Å². The third-order valence-corrected chi connectivity index (χ3v) is 2.47. The molecule has 1 aromatic rings. The molecule has 0 radical (unpaired) electrons. The summed E-state index contributed by atoms with van der Waals surface area (Å²) in [4.78, 5) is 0. The summed E-state index contributed by atoms with van der Waals surface area (Å²) in [5, 5.41) is 0. The fraction of sp³-hybridized carbons (Fsp3) is 0.250. The molecule has 1 unspecified atom stereocenters. The van der Waals surface area contributed by atoms with Gasteiger partial charge in [-0.1, -0.05) is 12.1 Å². The molecule has 0 saturated carbocycles. The molecule has 1 atom stereocenters. The second-order valence-corrected chi connectivity index (χ2v) is 3.28. The van der Waals surface area contributed by atoms with Crippen LogP contribution in [0.5, 0.6) is 0 Å². The lowest BCUT2D eigenvalue weighted by Gasteiger charge is -2.11. The normalized spacial score (nSPS) is 13.0. The zero-order valence-electron chi connectivity index (χ0n) is 6.43. The Balaban J connectivity index is 3.07. The van der Waals surface area contributed by atoms with Gasteiger partial charge in [-0.05, 0) is 27.6 Å². The molecule has 4 N–H and O–H groups in total. The van der Waals surface area contributed by atoms with E-state index in [-0.39, 0.29) is 11.9 Å². The topological polar surface area (TPSA) is 52.0 Å². The smallest absolute Gasteiger partial charge is 0.137 e. The van der Waals surface area contributed by atoms with E-state index in [4.69, 9.17) is 11.5 Å². The highest BCUT2D eigenvalue weighted by Crippen LogP contribution is 2.24. The molecular weight excluding hydrogens is 223 g/mol. The zero-order valence-corrected chi connectivity index (χ0v) is 8.01. The molecule has 2 nitrogen and oxygen atoms in total. The van der Waals surface area contributed by atoms with Gasteiger partial charge in [-0.3, -0.25) is 0 Å². The molecule has 66 valence electrons. The van der Waals surface area contributed by atoms with E-state index >= 15 is 0 Å². The van der Waals surface area contributed by atoms with Crippen molar-refractivity contribution in [1.82, 2.24) is 0 Å². The van der Waals surface area contributed by atoms with E-state index in [1.54, 1.807) is 12.1 Å². The van der Waals surface area contributed by atoms with E-state index in [0.29, 0.717) is 16.6 Å². The van der Waals surface area contributed by atoms with Gasteiger partial charge in [0.05, 0.1) is 4.47 Å². The van der Waals surface area contributed by atoms with Gasteiger partial charge in [0, 0.05) is 12.6 Å². The molecular formula is C8H10BrFN2. The molecule has 4 heteroatoms. The largest absolute Gasteiger partial charge is 0.329 e. The molecule has 0 spiro atoms. The molecule has 0 aliphatic heterocycles. The summed E-state index contributed by atoms with van der Waals surface area (Å²) in [7, 11) is 0. The third kappa shape index (κ3) is 1.83. The van der Waals surface area contributed by atoms with Gasteiger partial charge in [0.15, 0.2) is 0 Å². The molecule has 0 aromatic heterocycles. The van der Waals surface area contributed by atoms with E-state index in [9.17, 15) is 4.39 Å². The third-order valence-electron chi connectivity index (χ3n) is 1.63. The van der Waals surface area contributed by atoms with Gasteiger partial charge in [0.1, 0.15) is 5.82 Å². The van der Waals surface area contributed by atoms with E-state index in [0.717, 1.165) is 0 Å². The Kier molecular flexibility index (Phi) is 3.20. The molecule has 0 heterocycles. The first kappa shape index (κ1) is 9.64. The average Bonchev–Trinajstić information content (AvgIpc) is 2.08. The summed E-state index contributed by atoms with van der Waals surface area (Å²) in [5.41, 5.74) is 11.7. The number of nitrogens with two attached hydrogens (primary N) is 2. The number of rotatable bonds is 2. The monoisotopic (exact) mass is 232 g/mol. The van der Waals surface area contributed by atoms with Crippen molar-refractivity contribution in [2.45, 2.75) is 6.04 Å². The highest BCUT2D eigenvalue weighted by Gasteiger charge is 2.10. The van der Waals surface area contributed by atoms with E-state index in [1.807, 2.05) is 0 Å². The van der Waals surface area contributed by atoms with Crippen molar-refractivity contribution in [3.63, 3.8) is 0 Å². The minimum absolute atomic E-state index is 0.308. The molecule has 1 aromatic carbocycles. The highest BCUT2D eigenvalue weighted by molar-refractivity contribution is 9.10. The number of benzene rings is 1. The van der Waals surface area contributed by atoms with E-state index < -0.39 is 0 Å². The van der Waals surface area contributed by atoms with Crippen molar-refractivity contribution < 1.29 is 4.39 Å². The van der Waals surface area contributed by atoms with Gasteiger partial charge in [-0.25, -0.2) is 4.39 Å². The summed E-state index contributed by atoms with van der Waals surface area (Å²) in [6.45, 7) is 0.308. The maximum absolute atomic E-state index is 12.9. The fourth-order valence-corrected chi connectivity index (χ4v) is 1.49. The molecule has 0 aliphatic carbocycles. The van der Waals surface area contributed by atoms with Gasteiger partial charge in [0.25, 0.3) is 0 Å². The maximum Gasteiger partial charge on any atom is 0.137 e. The van der Waals surface area contributed by atoms with Crippen LogP contribution in [0.25, 0.3) is 0 Å². The Hall–Kier alpha value is -0.450. The van der Waals surface area contributed by atoms with Crippen LogP contribution in [0.3, 0.4) is 0 Å². The summed E-state index contributed by atoms with van der Waals surface area (Å²) < 4.78 is 13.3. The van der Waals surface area contributed by atoms with Crippen molar-refractivity contribution in [2.75, 3.05) is 6.54 Å². The lowest BCUT2D eigenvalue weighted by molar-refractivity contribution is 0.611. The van der Waals surface area contributed by atoms with Crippen molar-refractivity contribution >= 4 is 15.9 Å². The molecule has 0 amide bonds. The molecule has 12 heavy (non-hydrogen) atoms. The van der Waals surface area contributed by atoms with Crippen molar-refractivity contribution in [3.05, 3.63) is 34.1 Å². The Morgan fingerprint density at radius 3 is 2.75 bits per heavy atom. The first-order chi connectivity index (χ1) is 5.66. The van der Waals surface area contributed by atoms with E-state index in [1.165, 1.54) is 6.07 Å². The van der Waals surface area contributed by atoms with Gasteiger partial charge in [0.2, 0.25) is 0 Å². The van der Waals surface area contributed by atoms with Gasteiger partial charge >= 0.3 is 0 Å². The Bertz CT molecular complexity index is 278. The van der Waals surface area contributed by atoms with Crippen LogP contribution in [0, 0.1) is 5.82 Å². The Morgan fingerprint density at radius 2 is 2.17 bits per heavy atom. The van der Waals surface area contributed by atoms with E-state index in [2.05, 4.69) is 15.9 Å². The minimum Gasteiger partial charge on any atom is -0.329 e. The first-order valence-corrected chi connectivity index (χ1v) is 4.35. The maximum atomic E-state index is 12.9. The number of hydrogen-bond donors (Lipinski definition) is 2. The van der Waals surface area contributed by atoms with Crippen LogP contribution < -0.4 is 11.5 Å². The molecule has 1 rings (SSSR count). The van der Waals surface area contributed by atoms with Crippen molar-refractivity contribution in [1.29, 1.82) is 0 Å². The molecule has 0 aliphatic rings. The van der Waals surface area contributed by atoms with Gasteiger partial charge < -0.3 is 11.5 Å². The van der Waals surface area contributed by atoms with Gasteiger partial charge in [-0.15, -0.1) is 0 Å². The predicted molar refractivity (Wildman–Crippen MR) is 50.1 cm³/mol. The summed E-state index contributed by atoms with van der Waals surface area (Å²) in [6, 6.07) is 4.43. The second-order valence-electron chi connectivity index (χ2n) is 2.49. The summed E-state index contributed by atoms with van der Waals surface area (Å²) in [5.74, 6) is -0.309. The molecule has 0 bridgehead atoms. The minimum atomic E-state index is -0.310. The van der Waals surface area contributed by atoms with Crippen LogP contribution in [0.1, 0.15) is 11.6 Å². The van der Waals surface area contributed by atoms with Crippen molar-refractivity contribution in [3.8, 4) is 0 Å². The average molecular weight is 233 g/mol. The Labute approximate surface area is 78.9 Å². The zero-order chi connectivity index (χ0) is 9.14. The van der Waals surface area contributed by atoms with Crippen LogP contribution in [-0.2, 0) is 0 Å². The molecule has 0 saturated heterocycles. The SMILES string of the molecule is NCC(N)c1cccc(F)c1Br. The molecule has 0 fully saturated rings. The van der Waals surface area contributed by atoms with Crippen LogP contribution in [0.15, 0.2) is 22.7 Å². The lowest BCUT2D eigenvalue weighted by atomic mass is 10.1. The Morgan fingerprint density at radius 1 is 1.50 bits per heavy atom. The number of hydrogen-bond acceptors (Lipinski definition) is 2. The van der Waals surface area contributed by atoms with Gasteiger partial charge in [-0.2, -0.15) is 0 Å². The fourth-order valence-electron chi connectivity index (χ4n) is 0.934. The second kappa shape index (κ2) is 3.98. The van der Waals surface area contributed by atoms with Crippen LogP contribution in [-0.4, -0.2) is 6.54 Å². The van der Waals surface area contributed by atoms with Crippen LogP contribution in [0.4, 0.5) is 4.39 Å². The standard InChI is InChI=1S/C8H10BrFN2/c9-8-5(7(12)4-11)2-1-3-6(8)10/h1-3,7H,4,11-12H2. The quantitative estimate of drug-likeness (QED) is 0.814. The first-order valence-electron chi connectivity index (χ1n) is 3.56. The number of halogens is 2. The lowest BCUT2D eigenvalue weighted by Crippen LogP contribution is -2.21. The highest BCUT2D eigenvalue weighted by atomic mass is 79.9. The van der Waals surface area contributed by atoms with Crippen LogP contribution >= 0.6 is 15.9 Å². The van der Waals surface area contributed by atoms with Crippen molar-refractivity contribution in [2.24, 2.45) is 11.5 Å². The predicted octanol–water partition coefficient (Wildman–Crippen LogP) is 1.55. The summed E-state index contributed by atoms with van der Waals surface area (Å²) >= 11 is 3.11. The summed E-state index contributed by atoms with van der Waals surface area (Å²) in [6.07, 6.45) is 0.